The molecular weight excluding hydrogens is 226 g/mol. The molecule has 2 atom stereocenters. The maximum atomic E-state index is 9.52. The van der Waals surface area contributed by atoms with Crippen molar-refractivity contribution < 1.29 is 4.74 Å². The van der Waals surface area contributed by atoms with E-state index >= 15 is 0 Å². The Morgan fingerprint density at radius 2 is 2.22 bits per heavy atom. The average molecular weight is 251 g/mol. The van der Waals surface area contributed by atoms with Crippen molar-refractivity contribution in [2.24, 2.45) is 11.8 Å². The summed E-state index contributed by atoms with van der Waals surface area (Å²) in [5, 5.41) is 12.8. The molecule has 1 aliphatic heterocycles. The Morgan fingerprint density at radius 3 is 2.78 bits per heavy atom. The van der Waals surface area contributed by atoms with Gasteiger partial charge in [0.25, 0.3) is 0 Å². The lowest BCUT2D eigenvalue weighted by atomic mass is 9.91. The number of methoxy groups -OCH3 is 1. The summed E-state index contributed by atoms with van der Waals surface area (Å²) in [5.41, 5.74) is -0.324. The van der Waals surface area contributed by atoms with Crippen molar-refractivity contribution >= 4 is 0 Å². The molecular formula is C14H25N3O. The minimum Gasteiger partial charge on any atom is -0.384 e. The zero-order chi connectivity index (χ0) is 13.0. The predicted octanol–water partition coefficient (Wildman–Crippen LogP) is 1.24. The molecule has 102 valence electrons. The molecule has 2 unspecified atom stereocenters. The lowest BCUT2D eigenvalue weighted by Gasteiger charge is -2.38. The van der Waals surface area contributed by atoms with Crippen LogP contribution in [0.1, 0.15) is 25.7 Å². The number of rotatable bonds is 6. The van der Waals surface area contributed by atoms with Gasteiger partial charge in [0, 0.05) is 20.2 Å². The molecule has 2 aliphatic rings. The van der Waals surface area contributed by atoms with E-state index in [0.717, 1.165) is 26.2 Å². The lowest BCUT2D eigenvalue weighted by Crippen LogP contribution is -2.55. The summed E-state index contributed by atoms with van der Waals surface area (Å²) in [6, 6.07) is 2.54. The van der Waals surface area contributed by atoms with Crippen LogP contribution in [0.15, 0.2) is 0 Å². The van der Waals surface area contributed by atoms with Crippen LogP contribution in [0.5, 0.6) is 0 Å². The summed E-state index contributed by atoms with van der Waals surface area (Å²) in [6.07, 6.45) is 4.88. The molecule has 0 radical (unpaired) electrons. The van der Waals surface area contributed by atoms with Crippen molar-refractivity contribution in [1.82, 2.24) is 10.2 Å². The summed E-state index contributed by atoms with van der Waals surface area (Å²) in [7, 11) is 3.70. The van der Waals surface area contributed by atoms with E-state index in [-0.39, 0.29) is 5.54 Å². The van der Waals surface area contributed by atoms with Crippen LogP contribution in [0, 0.1) is 23.2 Å². The van der Waals surface area contributed by atoms with Gasteiger partial charge in [-0.3, -0.25) is 0 Å². The van der Waals surface area contributed by atoms with Gasteiger partial charge in [-0.1, -0.05) is 0 Å². The highest BCUT2D eigenvalue weighted by atomic mass is 16.5. The minimum absolute atomic E-state index is 0.324. The van der Waals surface area contributed by atoms with Gasteiger partial charge in [-0.25, -0.2) is 0 Å². The Morgan fingerprint density at radius 1 is 1.44 bits per heavy atom. The van der Waals surface area contributed by atoms with Crippen LogP contribution >= 0.6 is 0 Å². The summed E-state index contributed by atoms with van der Waals surface area (Å²) >= 11 is 0. The molecule has 1 saturated carbocycles. The molecule has 0 aromatic rings. The molecule has 1 saturated heterocycles. The Hall–Kier alpha value is -0.630. The molecule has 4 nitrogen and oxygen atoms in total. The number of nitrogens with zero attached hydrogens (tertiary/aromatic N) is 2. The first kappa shape index (κ1) is 13.8. The zero-order valence-corrected chi connectivity index (χ0v) is 11.6. The van der Waals surface area contributed by atoms with Gasteiger partial charge >= 0.3 is 0 Å². The third-order valence-electron chi connectivity index (χ3n) is 4.40. The van der Waals surface area contributed by atoms with E-state index in [9.17, 15) is 5.26 Å². The SMILES string of the molecule is CNC(C#N)(CN1CCCC(COC)C1)C1CC1. The zero-order valence-electron chi connectivity index (χ0n) is 11.6. The van der Waals surface area contributed by atoms with Crippen LogP contribution in [0.3, 0.4) is 0 Å². The Balaban J connectivity index is 1.92. The first-order valence-electron chi connectivity index (χ1n) is 7.05. The molecule has 18 heavy (non-hydrogen) atoms. The highest BCUT2D eigenvalue weighted by Gasteiger charge is 2.46. The number of ether oxygens (including phenoxy) is 1. The van der Waals surface area contributed by atoms with Crippen LogP contribution in [0.4, 0.5) is 0 Å². The molecule has 2 fully saturated rings. The molecule has 0 spiro atoms. The van der Waals surface area contributed by atoms with E-state index in [1.54, 1.807) is 7.11 Å². The highest BCUT2D eigenvalue weighted by molar-refractivity contribution is 5.16. The summed E-state index contributed by atoms with van der Waals surface area (Å²) in [4.78, 5) is 2.45. The summed E-state index contributed by atoms with van der Waals surface area (Å²) in [6.45, 7) is 3.91. The van der Waals surface area contributed by atoms with E-state index in [1.807, 2.05) is 7.05 Å². The van der Waals surface area contributed by atoms with E-state index in [4.69, 9.17) is 4.74 Å². The highest BCUT2D eigenvalue weighted by Crippen LogP contribution is 2.40. The maximum absolute atomic E-state index is 9.52. The molecule has 4 heteroatoms. The first-order valence-corrected chi connectivity index (χ1v) is 7.05. The molecule has 0 amide bonds. The topological polar surface area (TPSA) is 48.3 Å². The number of likely N-dealkylation sites (N-methyl/N-ethyl adjacent to an activating group) is 1. The molecule has 1 N–H and O–H groups in total. The number of nitrogens with one attached hydrogen (secondary N) is 1. The Labute approximate surface area is 110 Å². The van der Waals surface area contributed by atoms with Crippen molar-refractivity contribution in [2.75, 3.05) is 40.4 Å². The van der Waals surface area contributed by atoms with Crippen LogP contribution < -0.4 is 5.32 Å². The maximum Gasteiger partial charge on any atom is 0.122 e. The number of hydrogen-bond donors (Lipinski definition) is 1. The van der Waals surface area contributed by atoms with E-state index < -0.39 is 0 Å². The summed E-state index contributed by atoms with van der Waals surface area (Å²) in [5.74, 6) is 1.19. The number of likely N-dealkylation sites (tertiary alicyclic amines) is 1. The summed E-state index contributed by atoms with van der Waals surface area (Å²) < 4.78 is 5.26. The Kier molecular flexibility index (Phi) is 4.60. The average Bonchev–Trinajstić information content (AvgIpc) is 3.22. The molecule has 1 aliphatic carbocycles. The van der Waals surface area contributed by atoms with Crippen molar-refractivity contribution in [3.05, 3.63) is 0 Å². The molecule has 0 bridgehead atoms. The van der Waals surface area contributed by atoms with Gasteiger partial charge in [0.15, 0.2) is 0 Å². The van der Waals surface area contributed by atoms with Gasteiger partial charge in [0.1, 0.15) is 5.54 Å². The molecule has 2 rings (SSSR count). The van der Waals surface area contributed by atoms with E-state index in [0.29, 0.717) is 11.8 Å². The van der Waals surface area contributed by atoms with Crippen LogP contribution in [-0.4, -0.2) is 50.8 Å². The monoisotopic (exact) mass is 251 g/mol. The van der Waals surface area contributed by atoms with Gasteiger partial charge in [-0.15, -0.1) is 0 Å². The van der Waals surface area contributed by atoms with Crippen LogP contribution in [0.25, 0.3) is 0 Å². The number of piperidine rings is 1. The van der Waals surface area contributed by atoms with Gasteiger partial charge in [0.2, 0.25) is 0 Å². The second-order valence-corrected chi connectivity index (χ2v) is 5.81. The quantitative estimate of drug-likeness (QED) is 0.771. The molecule has 1 heterocycles. The van der Waals surface area contributed by atoms with Crippen LogP contribution in [-0.2, 0) is 4.74 Å². The van der Waals surface area contributed by atoms with Crippen molar-refractivity contribution in [1.29, 1.82) is 5.26 Å². The van der Waals surface area contributed by atoms with Gasteiger partial charge in [-0.05, 0) is 51.1 Å². The third-order valence-corrected chi connectivity index (χ3v) is 4.40. The van der Waals surface area contributed by atoms with Gasteiger partial charge in [0.05, 0.1) is 12.7 Å². The number of nitriles is 1. The standard InChI is InChI=1S/C14H25N3O/c1-16-14(10-15,13-5-6-13)11-17-7-3-4-12(8-17)9-18-2/h12-13,16H,3-9,11H2,1-2H3. The van der Waals surface area contributed by atoms with Gasteiger partial charge in [-0.2, -0.15) is 5.26 Å². The van der Waals surface area contributed by atoms with Crippen molar-refractivity contribution in [3.8, 4) is 6.07 Å². The smallest absolute Gasteiger partial charge is 0.122 e. The van der Waals surface area contributed by atoms with Gasteiger partial charge < -0.3 is 15.0 Å². The number of hydrogen-bond acceptors (Lipinski definition) is 4. The largest absolute Gasteiger partial charge is 0.384 e. The molecule has 0 aromatic heterocycles. The second-order valence-electron chi connectivity index (χ2n) is 5.81. The fourth-order valence-corrected chi connectivity index (χ4v) is 3.19. The second kappa shape index (κ2) is 6.01. The Bertz CT molecular complexity index is 309. The third kappa shape index (κ3) is 3.03. The van der Waals surface area contributed by atoms with Crippen LogP contribution in [0.2, 0.25) is 0 Å². The van der Waals surface area contributed by atoms with E-state index in [2.05, 4.69) is 16.3 Å². The van der Waals surface area contributed by atoms with Crippen molar-refractivity contribution in [2.45, 2.75) is 31.2 Å². The normalized spacial score (nSPS) is 28.6. The minimum atomic E-state index is -0.324. The predicted molar refractivity (Wildman–Crippen MR) is 71.2 cm³/mol. The first-order chi connectivity index (χ1) is 8.74. The molecule has 0 aromatic carbocycles. The fraction of sp³-hybridized carbons (Fsp3) is 0.929. The lowest BCUT2D eigenvalue weighted by molar-refractivity contribution is 0.0781. The van der Waals surface area contributed by atoms with Crippen molar-refractivity contribution in [3.63, 3.8) is 0 Å². The van der Waals surface area contributed by atoms with E-state index in [1.165, 1.54) is 25.7 Å². The fourth-order valence-electron chi connectivity index (χ4n) is 3.19.